The van der Waals surface area contributed by atoms with E-state index in [0.29, 0.717) is 74.6 Å². The zero-order chi connectivity index (χ0) is 28.9. The van der Waals surface area contributed by atoms with Crippen LogP contribution < -0.4 is 21.4 Å². The van der Waals surface area contributed by atoms with Gasteiger partial charge in [-0.3, -0.25) is 14.6 Å². The third-order valence-electron chi connectivity index (χ3n) is 5.49. The highest BCUT2D eigenvalue weighted by Crippen LogP contribution is 2.29. The molecule has 0 spiro atoms. The largest absolute Gasteiger partial charge is 0.380 e. The molecule has 0 fully saturated rings. The molecule has 13 heteroatoms. The number of carbonyl (C=O) groups is 2. The molecule has 0 aliphatic carbocycles. The first-order valence-corrected chi connectivity index (χ1v) is 14.0. The van der Waals surface area contributed by atoms with Gasteiger partial charge in [0.2, 0.25) is 12.3 Å². The Labute approximate surface area is 242 Å². The number of amidine groups is 1. The molecule has 11 nitrogen and oxygen atoms in total. The topological polar surface area (TPSA) is 131 Å². The van der Waals surface area contributed by atoms with E-state index in [1.807, 2.05) is 19.9 Å². The smallest absolute Gasteiger partial charge is 0.225 e. The van der Waals surface area contributed by atoms with E-state index in [9.17, 15) is 9.59 Å². The van der Waals surface area contributed by atoms with Crippen molar-refractivity contribution in [1.29, 1.82) is 0 Å². The van der Waals surface area contributed by atoms with Crippen LogP contribution in [0.3, 0.4) is 0 Å². The standard InChI is InChI=1S/C15H18Cl2N4O2.C11H26N2O3/c1-10-8-21(11-4-5-12(16)13(17)7-11)20-15(10)19-14(23)3-2-6-18-9-22;1-3-14-8-5-13(2)6-9-16-11-10-15-7-4-12/h4-5,7,9-10H,2-3,6,8H2,1H3,(H,18,22)(H,19,20,23);3-12H2,1-2H3. The van der Waals surface area contributed by atoms with Crippen molar-refractivity contribution < 1.29 is 23.8 Å². The molecule has 222 valence electrons. The number of rotatable bonds is 18. The number of hydrogen-bond acceptors (Lipinski definition) is 9. The van der Waals surface area contributed by atoms with Crippen molar-refractivity contribution in [3.05, 3.63) is 28.2 Å². The molecule has 1 aliphatic heterocycles. The second-order valence-electron chi connectivity index (χ2n) is 8.80. The molecule has 0 aromatic heterocycles. The number of nitrogens with one attached hydrogen (secondary N) is 2. The Morgan fingerprint density at radius 1 is 1.15 bits per heavy atom. The molecule has 0 bridgehead atoms. The Hall–Kier alpha value is -1.99. The summed E-state index contributed by atoms with van der Waals surface area (Å²) in [6, 6.07) is 5.30. The van der Waals surface area contributed by atoms with E-state index in [4.69, 9.17) is 43.1 Å². The third-order valence-corrected chi connectivity index (χ3v) is 6.23. The molecule has 1 aromatic rings. The summed E-state index contributed by atoms with van der Waals surface area (Å²) in [6.07, 6.45) is 1.54. The van der Waals surface area contributed by atoms with Crippen molar-refractivity contribution in [2.75, 3.05) is 84.4 Å². The highest BCUT2D eigenvalue weighted by molar-refractivity contribution is 6.42. The first kappa shape index (κ1) is 35.0. The van der Waals surface area contributed by atoms with Gasteiger partial charge in [0.1, 0.15) is 5.84 Å². The minimum absolute atomic E-state index is 0.0986. The maximum Gasteiger partial charge on any atom is 0.225 e. The van der Waals surface area contributed by atoms with Crippen LogP contribution in [0.15, 0.2) is 23.3 Å². The number of hydrazone groups is 1. The van der Waals surface area contributed by atoms with Gasteiger partial charge in [0.15, 0.2) is 0 Å². The van der Waals surface area contributed by atoms with Crippen molar-refractivity contribution in [2.45, 2.75) is 26.7 Å². The van der Waals surface area contributed by atoms with E-state index in [0.717, 1.165) is 38.6 Å². The second kappa shape index (κ2) is 21.8. The van der Waals surface area contributed by atoms with Crippen LogP contribution in [-0.2, 0) is 23.8 Å². The summed E-state index contributed by atoms with van der Waals surface area (Å²) >= 11 is 11.9. The van der Waals surface area contributed by atoms with Crippen LogP contribution in [0.1, 0.15) is 26.7 Å². The zero-order valence-corrected chi connectivity index (χ0v) is 24.8. The lowest BCUT2D eigenvalue weighted by atomic mass is 10.1. The van der Waals surface area contributed by atoms with E-state index >= 15 is 0 Å². The van der Waals surface area contributed by atoms with E-state index in [2.05, 4.69) is 27.7 Å². The van der Waals surface area contributed by atoms with Gasteiger partial charge in [-0.1, -0.05) is 30.1 Å². The Balaban J connectivity index is 0.000000420. The normalized spacial score (nSPS) is 14.6. The van der Waals surface area contributed by atoms with E-state index < -0.39 is 0 Å². The summed E-state index contributed by atoms with van der Waals surface area (Å²) in [7, 11) is 2.06. The van der Waals surface area contributed by atoms with Crippen molar-refractivity contribution in [3.8, 4) is 0 Å². The van der Waals surface area contributed by atoms with Crippen molar-refractivity contribution >= 4 is 47.0 Å². The van der Waals surface area contributed by atoms with Crippen LogP contribution in [0, 0.1) is 5.92 Å². The number of nitrogens with zero attached hydrogens (tertiary/aromatic N) is 3. The van der Waals surface area contributed by atoms with Crippen molar-refractivity contribution in [3.63, 3.8) is 0 Å². The zero-order valence-electron chi connectivity index (χ0n) is 23.3. The lowest BCUT2D eigenvalue weighted by molar-refractivity contribution is -0.120. The molecule has 2 amide bonds. The quantitative estimate of drug-likeness (QED) is 0.175. The highest BCUT2D eigenvalue weighted by atomic mass is 35.5. The molecule has 0 saturated heterocycles. The fourth-order valence-corrected chi connectivity index (χ4v) is 3.58. The molecule has 1 atom stereocenters. The molecule has 1 unspecified atom stereocenters. The number of anilines is 1. The number of likely N-dealkylation sites (N-methyl/N-ethyl adjacent to an activating group) is 1. The number of nitrogens with two attached hydrogens (primary N) is 1. The number of carbonyl (C=O) groups excluding carboxylic acids is 2. The molecule has 1 aliphatic rings. The SMILES string of the molecule is CC1CN(c2ccc(Cl)c(Cl)c2)N=C1NC(=O)CCCNC=O.CCOCCN(C)CCOCCOCCN. The number of ether oxygens (including phenoxy) is 3. The fraction of sp³-hybridized carbons (Fsp3) is 0.654. The molecular weight excluding hydrogens is 547 g/mol. The molecule has 1 heterocycles. The van der Waals surface area contributed by atoms with Crippen LogP contribution >= 0.6 is 23.2 Å². The Bertz CT molecular complexity index is 864. The van der Waals surface area contributed by atoms with Crippen LogP contribution in [0.25, 0.3) is 0 Å². The lowest BCUT2D eigenvalue weighted by Gasteiger charge is -2.16. The average molecular weight is 592 g/mol. The minimum Gasteiger partial charge on any atom is -0.380 e. The molecule has 0 radical (unpaired) electrons. The minimum atomic E-state index is -0.112. The summed E-state index contributed by atoms with van der Waals surface area (Å²) in [5.41, 5.74) is 6.11. The molecule has 0 saturated carbocycles. The molecular formula is C26H44Cl2N6O5. The summed E-state index contributed by atoms with van der Waals surface area (Å²) in [4.78, 5) is 24.2. The van der Waals surface area contributed by atoms with Crippen LogP contribution in [0.5, 0.6) is 0 Å². The molecule has 4 N–H and O–H groups in total. The third kappa shape index (κ3) is 16.0. The Morgan fingerprint density at radius 2 is 1.85 bits per heavy atom. The van der Waals surface area contributed by atoms with E-state index in [1.54, 1.807) is 17.1 Å². The predicted octanol–water partition coefficient (Wildman–Crippen LogP) is 2.35. The van der Waals surface area contributed by atoms with Gasteiger partial charge < -0.3 is 35.5 Å². The number of amides is 2. The number of benzene rings is 1. The van der Waals surface area contributed by atoms with Gasteiger partial charge in [-0.2, -0.15) is 5.10 Å². The summed E-state index contributed by atoms with van der Waals surface area (Å²) in [5, 5.41) is 12.5. The van der Waals surface area contributed by atoms with Gasteiger partial charge in [0.05, 0.1) is 55.3 Å². The van der Waals surface area contributed by atoms with Crippen LogP contribution in [0.4, 0.5) is 5.69 Å². The van der Waals surface area contributed by atoms with Crippen LogP contribution in [-0.4, -0.2) is 102 Å². The summed E-state index contributed by atoms with van der Waals surface area (Å²) < 4.78 is 15.9. The second-order valence-corrected chi connectivity index (χ2v) is 9.62. The van der Waals surface area contributed by atoms with Gasteiger partial charge in [-0.05, 0) is 38.6 Å². The summed E-state index contributed by atoms with van der Waals surface area (Å²) in [6.45, 7) is 11.7. The molecule has 39 heavy (non-hydrogen) atoms. The maximum absolute atomic E-state index is 11.9. The monoisotopic (exact) mass is 590 g/mol. The van der Waals surface area contributed by atoms with E-state index in [-0.39, 0.29) is 11.8 Å². The Morgan fingerprint density at radius 3 is 2.49 bits per heavy atom. The van der Waals surface area contributed by atoms with Crippen molar-refractivity contribution in [1.82, 2.24) is 15.5 Å². The first-order chi connectivity index (χ1) is 18.8. The van der Waals surface area contributed by atoms with Gasteiger partial charge in [0.25, 0.3) is 0 Å². The maximum atomic E-state index is 11.9. The average Bonchev–Trinajstić information content (AvgIpc) is 3.28. The predicted molar refractivity (Wildman–Crippen MR) is 157 cm³/mol. The number of halogens is 2. The van der Waals surface area contributed by atoms with Gasteiger partial charge in [0, 0.05) is 45.1 Å². The van der Waals surface area contributed by atoms with Gasteiger partial charge >= 0.3 is 0 Å². The number of hydrogen-bond donors (Lipinski definition) is 3. The van der Waals surface area contributed by atoms with E-state index in [1.165, 1.54) is 0 Å². The summed E-state index contributed by atoms with van der Waals surface area (Å²) in [5.74, 6) is 0.616. The first-order valence-electron chi connectivity index (χ1n) is 13.2. The van der Waals surface area contributed by atoms with Crippen LogP contribution in [0.2, 0.25) is 10.0 Å². The molecule has 2 rings (SSSR count). The van der Waals surface area contributed by atoms with Gasteiger partial charge in [-0.15, -0.1) is 0 Å². The highest BCUT2D eigenvalue weighted by Gasteiger charge is 2.25. The molecule has 1 aromatic carbocycles. The van der Waals surface area contributed by atoms with Gasteiger partial charge in [-0.25, -0.2) is 0 Å². The Kier molecular flexibility index (Phi) is 19.6. The fourth-order valence-electron chi connectivity index (χ4n) is 3.29. The van der Waals surface area contributed by atoms with Crippen molar-refractivity contribution in [2.24, 2.45) is 16.8 Å². The lowest BCUT2D eigenvalue weighted by Crippen LogP contribution is -2.33.